The Morgan fingerprint density at radius 2 is 2.25 bits per heavy atom. The van der Waals surface area contributed by atoms with Gasteiger partial charge in [-0.15, -0.1) is 0 Å². The van der Waals surface area contributed by atoms with Crippen molar-refractivity contribution in [3.05, 3.63) is 24.5 Å². The molecule has 2 heterocycles. The molecule has 2 unspecified atom stereocenters. The van der Waals surface area contributed by atoms with Crippen LogP contribution in [-0.2, 0) is 9.53 Å². The first kappa shape index (κ1) is 10.9. The number of nitrogens with zero attached hydrogens (tertiary/aromatic N) is 1. The van der Waals surface area contributed by atoms with E-state index in [9.17, 15) is 4.79 Å². The lowest BCUT2D eigenvalue weighted by molar-refractivity contribution is -0.149. The van der Waals surface area contributed by atoms with Gasteiger partial charge in [0.15, 0.2) is 6.10 Å². The Balaban J connectivity index is 1.78. The average Bonchev–Trinajstić information content (AvgIpc) is 2.76. The van der Waals surface area contributed by atoms with Gasteiger partial charge in [-0.3, -0.25) is 4.98 Å². The predicted octanol–water partition coefficient (Wildman–Crippen LogP) is 1.13. The largest absolute Gasteiger partial charge is 0.479 e. The number of ether oxygens (including phenoxy) is 1. The molecular formula is C11H14N2O3. The molecule has 1 aliphatic heterocycles. The molecule has 2 N–H and O–H groups in total. The Morgan fingerprint density at radius 1 is 1.50 bits per heavy atom. The maximum atomic E-state index is 10.7. The molecule has 0 spiro atoms. The predicted molar refractivity (Wildman–Crippen MR) is 58.3 cm³/mol. The zero-order chi connectivity index (χ0) is 11.4. The standard InChI is InChI=1S/C11H14N2O3/c14-11(15)10-2-1-9(16-10)7-13-8-3-5-12-6-4-8/h3-6,9-10H,1-2,7H2,(H,12,13)(H,14,15). The van der Waals surface area contributed by atoms with Gasteiger partial charge in [0.1, 0.15) is 0 Å². The van der Waals surface area contributed by atoms with Crippen LogP contribution in [0.4, 0.5) is 5.69 Å². The molecule has 1 aromatic heterocycles. The zero-order valence-electron chi connectivity index (χ0n) is 8.80. The Bertz CT molecular complexity index is 356. The van der Waals surface area contributed by atoms with Gasteiger partial charge in [-0.2, -0.15) is 0 Å². The van der Waals surface area contributed by atoms with E-state index in [1.165, 1.54) is 0 Å². The SMILES string of the molecule is O=C(O)C1CCC(CNc2ccncc2)O1. The molecule has 0 aliphatic carbocycles. The third kappa shape index (κ3) is 2.70. The van der Waals surface area contributed by atoms with E-state index in [0.717, 1.165) is 12.1 Å². The topological polar surface area (TPSA) is 71.5 Å². The van der Waals surface area contributed by atoms with Crippen molar-refractivity contribution in [2.75, 3.05) is 11.9 Å². The second-order valence-corrected chi connectivity index (χ2v) is 3.78. The smallest absolute Gasteiger partial charge is 0.332 e. The maximum absolute atomic E-state index is 10.7. The van der Waals surface area contributed by atoms with Crippen LogP contribution in [0.1, 0.15) is 12.8 Å². The Morgan fingerprint density at radius 3 is 2.88 bits per heavy atom. The molecule has 0 bridgehead atoms. The fourth-order valence-electron chi connectivity index (χ4n) is 1.74. The number of carboxylic acids is 1. The van der Waals surface area contributed by atoms with Crippen molar-refractivity contribution in [3.8, 4) is 0 Å². The van der Waals surface area contributed by atoms with E-state index in [4.69, 9.17) is 9.84 Å². The van der Waals surface area contributed by atoms with Crippen LogP contribution in [0.2, 0.25) is 0 Å². The highest BCUT2D eigenvalue weighted by Gasteiger charge is 2.29. The van der Waals surface area contributed by atoms with Crippen LogP contribution in [0.5, 0.6) is 0 Å². The number of aliphatic carboxylic acids is 1. The van der Waals surface area contributed by atoms with Crippen molar-refractivity contribution in [3.63, 3.8) is 0 Å². The monoisotopic (exact) mass is 222 g/mol. The summed E-state index contributed by atoms with van der Waals surface area (Å²) in [5.41, 5.74) is 0.970. The maximum Gasteiger partial charge on any atom is 0.332 e. The van der Waals surface area contributed by atoms with Gasteiger partial charge in [0.05, 0.1) is 6.10 Å². The molecule has 1 fully saturated rings. The molecule has 86 valence electrons. The van der Waals surface area contributed by atoms with Crippen LogP contribution in [0.15, 0.2) is 24.5 Å². The van der Waals surface area contributed by atoms with E-state index in [-0.39, 0.29) is 6.10 Å². The Kier molecular flexibility index (Phi) is 3.36. The van der Waals surface area contributed by atoms with Gasteiger partial charge < -0.3 is 15.2 Å². The van der Waals surface area contributed by atoms with Crippen molar-refractivity contribution < 1.29 is 14.6 Å². The molecule has 2 atom stereocenters. The highest BCUT2D eigenvalue weighted by molar-refractivity contribution is 5.72. The van der Waals surface area contributed by atoms with Gasteiger partial charge in [0, 0.05) is 24.6 Å². The lowest BCUT2D eigenvalue weighted by atomic mass is 10.2. The van der Waals surface area contributed by atoms with Gasteiger partial charge in [-0.25, -0.2) is 4.79 Å². The van der Waals surface area contributed by atoms with E-state index in [2.05, 4.69) is 10.3 Å². The fraction of sp³-hybridized carbons (Fsp3) is 0.455. The summed E-state index contributed by atoms with van der Waals surface area (Å²) >= 11 is 0. The van der Waals surface area contributed by atoms with Gasteiger partial charge in [-0.1, -0.05) is 0 Å². The van der Waals surface area contributed by atoms with E-state index in [1.807, 2.05) is 12.1 Å². The summed E-state index contributed by atoms with van der Waals surface area (Å²) in [6.07, 6.45) is 4.14. The van der Waals surface area contributed by atoms with E-state index in [0.29, 0.717) is 13.0 Å². The second-order valence-electron chi connectivity index (χ2n) is 3.78. The summed E-state index contributed by atoms with van der Waals surface area (Å²) in [5.74, 6) is -0.869. The van der Waals surface area contributed by atoms with Crippen LogP contribution in [0.25, 0.3) is 0 Å². The van der Waals surface area contributed by atoms with Gasteiger partial charge >= 0.3 is 5.97 Å². The van der Waals surface area contributed by atoms with Crippen LogP contribution in [-0.4, -0.2) is 34.8 Å². The number of aromatic nitrogens is 1. The highest BCUT2D eigenvalue weighted by Crippen LogP contribution is 2.20. The minimum atomic E-state index is -0.869. The summed E-state index contributed by atoms with van der Waals surface area (Å²) in [6, 6.07) is 3.73. The quantitative estimate of drug-likeness (QED) is 0.799. The van der Waals surface area contributed by atoms with Crippen LogP contribution >= 0.6 is 0 Å². The van der Waals surface area contributed by atoms with Crippen LogP contribution < -0.4 is 5.32 Å². The lowest BCUT2D eigenvalue weighted by Crippen LogP contribution is -2.24. The summed E-state index contributed by atoms with van der Waals surface area (Å²) in [5, 5.41) is 12.0. The number of hydrogen-bond acceptors (Lipinski definition) is 4. The third-order valence-corrected chi connectivity index (χ3v) is 2.60. The number of carboxylic acid groups (broad SMARTS) is 1. The third-order valence-electron chi connectivity index (χ3n) is 2.60. The Hall–Kier alpha value is -1.62. The van der Waals surface area contributed by atoms with Crippen LogP contribution in [0.3, 0.4) is 0 Å². The first-order valence-corrected chi connectivity index (χ1v) is 5.28. The van der Waals surface area contributed by atoms with Crippen molar-refractivity contribution >= 4 is 11.7 Å². The molecule has 16 heavy (non-hydrogen) atoms. The number of rotatable bonds is 4. The molecule has 1 aliphatic rings. The number of carbonyl (C=O) groups is 1. The van der Waals surface area contributed by atoms with Crippen molar-refractivity contribution in [1.82, 2.24) is 4.98 Å². The van der Waals surface area contributed by atoms with E-state index >= 15 is 0 Å². The normalized spacial score (nSPS) is 24.2. The molecule has 0 aromatic carbocycles. The van der Waals surface area contributed by atoms with E-state index in [1.54, 1.807) is 12.4 Å². The Labute approximate surface area is 93.5 Å². The molecule has 5 nitrogen and oxygen atoms in total. The number of anilines is 1. The highest BCUT2D eigenvalue weighted by atomic mass is 16.5. The molecule has 0 saturated carbocycles. The molecule has 1 saturated heterocycles. The van der Waals surface area contributed by atoms with Gasteiger partial charge in [-0.05, 0) is 25.0 Å². The summed E-state index contributed by atoms with van der Waals surface area (Å²) in [4.78, 5) is 14.6. The minimum Gasteiger partial charge on any atom is -0.479 e. The molecule has 1 aromatic rings. The summed E-state index contributed by atoms with van der Waals surface area (Å²) < 4.78 is 5.37. The number of nitrogens with one attached hydrogen (secondary N) is 1. The zero-order valence-corrected chi connectivity index (χ0v) is 8.80. The molecule has 0 radical (unpaired) electrons. The minimum absolute atomic E-state index is 0.0192. The summed E-state index contributed by atoms with van der Waals surface area (Å²) in [7, 11) is 0. The van der Waals surface area contributed by atoms with Gasteiger partial charge in [0.25, 0.3) is 0 Å². The van der Waals surface area contributed by atoms with E-state index < -0.39 is 12.1 Å². The second kappa shape index (κ2) is 4.94. The first-order valence-electron chi connectivity index (χ1n) is 5.28. The van der Waals surface area contributed by atoms with Gasteiger partial charge in [0.2, 0.25) is 0 Å². The lowest BCUT2D eigenvalue weighted by Gasteiger charge is -2.12. The van der Waals surface area contributed by atoms with Crippen molar-refractivity contribution in [1.29, 1.82) is 0 Å². The molecular weight excluding hydrogens is 208 g/mol. The van der Waals surface area contributed by atoms with Crippen molar-refractivity contribution in [2.45, 2.75) is 25.0 Å². The average molecular weight is 222 g/mol. The van der Waals surface area contributed by atoms with Crippen molar-refractivity contribution in [2.24, 2.45) is 0 Å². The molecule has 0 amide bonds. The summed E-state index contributed by atoms with van der Waals surface area (Å²) in [6.45, 7) is 0.633. The number of pyridine rings is 1. The number of hydrogen-bond donors (Lipinski definition) is 2. The van der Waals surface area contributed by atoms with Crippen LogP contribution in [0, 0.1) is 0 Å². The molecule has 5 heteroatoms. The first-order chi connectivity index (χ1) is 7.75. The fourth-order valence-corrected chi connectivity index (χ4v) is 1.74. The molecule has 2 rings (SSSR count).